The number of nitrogens with zero attached hydrogens (tertiary/aromatic N) is 2. The molecular formula is C23H28F2N2. The summed E-state index contributed by atoms with van der Waals surface area (Å²) < 4.78 is 28.4. The fourth-order valence-electron chi connectivity index (χ4n) is 2.87. The average molecular weight is 370 g/mol. The van der Waals surface area contributed by atoms with Crippen molar-refractivity contribution < 1.29 is 8.78 Å². The molecule has 0 amide bonds. The maximum absolute atomic E-state index is 14.2. The zero-order chi connectivity index (χ0) is 19.5. The first kappa shape index (κ1) is 20.9. The van der Waals surface area contributed by atoms with Crippen LogP contribution >= 0.6 is 0 Å². The summed E-state index contributed by atoms with van der Waals surface area (Å²) in [4.78, 5) is 0. The first-order valence-electron chi connectivity index (χ1n) is 9.77. The van der Waals surface area contributed by atoms with Crippen LogP contribution in [0.15, 0.2) is 46.6 Å². The molecule has 0 saturated heterocycles. The molecule has 27 heavy (non-hydrogen) atoms. The van der Waals surface area contributed by atoms with Crippen LogP contribution in [0.25, 0.3) is 0 Å². The molecule has 0 aliphatic heterocycles. The Labute approximate surface area is 161 Å². The lowest BCUT2D eigenvalue weighted by Crippen LogP contribution is -1.98. The fraction of sp³-hybridized carbons (Fsp3) is 0.391. The van der Waals surface area contributed by atoms with E-state index in [-0.39, 0.29) is 5.56 Å². The summed E-state index contributed by atoms with van der Waals surface area (Å²) in [5.41, 5.74) is 2.68. The molecule has 144 valence electrons. The van der Waals surface area contributed by atoms with E-state index in [0.29, 0.717) is 12.0 Å². The van der Waals surface area contributed by atoms with Crippen LogP contribution in [0.1, 0.15) is 68.2 Å². The number of benzene rings is 2. The van der Waals surface area contributed by atoms with Crippen molar-refractivity contribution in [2.45, 2.75) is 58.8 Å². The van der Waals surface area contributed by atoms with Gasteiger partial charge >= 0.3 is 0 Å². The van der Waals surface area contributed by atoms with E-state index in [9.17, 15) is 8.78 Å². The molecule has 4 heteroatoms. The second-order valence-electron chi connectivity index (χ2n) is 6.72. The largest absolute Gasteiger partial charge is 0.206 e. The van der Waals surface area contributed by atoms with Gasteiger partial charge in [-0.15, -0.1) is 0 Å². The molecule has 2 aromatic carbocycles. The van der Waals surface area contributed by atoms with Gasteiger partial charge in [0, 0.05) is 0 Å². The van der Waals surface area contributed by atoms with E-state index >= 15 is 0 Å². The molecule has 2 nitrogen and oxygen atoms in total. The quantitative estimate of drug-likeness (QED) is 0.259. The Bertz CT molecular complexity index is 741. The summed E-state index contributed by atoms with van der Waals surface area (Å²) in [5, 5.41) is 7.68. The van der Waals surface area contributed by atoms with E-state index in [4.69, 9.17) is 0 Å². The number of unbranched alkanes of at least 4 members (excludes halogenated alkanes) is 4. The third kappa shape index (κ3) is 7.05. The highest BCUT2D eigenvalue weighted by atomic mass is 19.1. The van der Waals surface area contributed by atoms with Gasteiger partial charge in [0.25, 0.3) is 0 Å². The Kier molecular flexibility index (Phi) is 8.82. The van der Waals surface area contributed by atoms with Crippen LogP contribution in [0.3, 0.4) is 0 Å². The lowest BCUT2D eigenvalue weighted by molar-refractivity contribution is 0.572. The molecule has 2 rings (SSSR count). The van der Waals surface area contributed by atoms with Gasteiger partial charge in [-0.1, -0.05) is 63.8 Å². The van der Waals surface area contributed by atoms with Crippen molar-refractivity contribution >= 4 is 12.4 Å². The molecule has 0 atom stereocenters. The van der Waals surface area contributed by atoms with E-state index in [1.165, 1.54) is 37.0 Å². The van der Waals surface area contributed by atoms with Gasteiger partial charge in [0.05, 0.1) is 18.0 Å². The molecule has 0 N–H and O–H groups in total. The fourth-order valence-corrected chi connectivity index (χ4v) is 2.87. The van der Waals surface area contributed by atoms with Crippen molar-refractivity contribution in [3.8, 4) is 0 Å². The van der Waals surface area contributed by atoms with Gasteiger partial charge in [0.1, 0.15) is 11.6 Å². The second kappa shape index (κ2) is 11.4. The summed E-state index contributed by atoms with van der Waals surface area (Å²) in [6.45, 7) is 4.26. The van der Waals surface area contributed by atoms with Gasteiger partial charge in [-0.2, -0.15) is 10.2 Å². The third-order valence-corrected chi connectivity index (χ3v) is 4.56. The molecule has 0 aliphatic rings. The normalized spacial score (nSPS) is 11.7. The minimum absolute atomic E-state index is 0.150. The topological polar surface area (TPSA) is 24.7 Å². The number of halogens is 2. The van der Waals surface area contributed by atoms with Crippen LogP contribution in [0.2, 0.25) is 0 Å². The van der Waals surface area contributed by atoms with Crippen molar-refractivity contribution in [3.63, 3.8) is 0 Å². The van der Waals surface area contributed by atoms with E-state index in [2.05, 4.69) is 24.1 Å². The minimum atomic E-state index is -0.593. The van der Waals surface area contributed by atoms with Gasteiger partial charge in [0.15, 0.2) is 0 Å². The molecular weight excluding hydrogens is 342 g/mol. The predicted molar refractivity (Wildman–Crippen MR) is 110 cm³/mol. The highest BCUT2D eigenvalue weighted by Crippen LogP contribution is 2.16. The van der Waals surface area contributed by atoms with Gasteiger partial charge in [-0.05, 0) is 48.1 Å². The van der Waals surface area contributed by atoms with Crippen LogP contribution in [-0.2, 0) is 12.8 Å². The zero-order valence-electron chi connectivity index (χ0n) is 16.2. The summed E-state index contributed by atoms with van der Waals surface area (Å²) in [6.07, 6.45) is 9.98. The van der Waals surface area contributed by atoms with Crippen LogP contribution in [-0.4, -0.2) is 12.4 Å². The minimum Gasteiger partial charge on any atom is -0.206 e. The standard InChI is InChI=1S/C23H28F2N2/c1-3-5-6-7-8-9-20-14-22(24)21(23(25)15-20)17-27-26-16-19-12-10-18(4-2)11-13-19/h10-17H,3-9H2,1-2H3. The first-order chi connectivity index (χ1) is 13.1. The molecule has 0 unspecified atom stereocenters. The number of aryl methyl sites for hydroxylation is 2. The van der Waals surface area contributed by atoms with Gasteiger partial charge < -0.3 is 0 Å². The second-order valence-corrected chi connectivity index (χ2v) is 6.72. The first-order valence-corrected chi connectivity index (χ1v) is 9.77. The van der Waals surface area contributed by atoms with E-state index in [1.807, 2.05) is 24.3 Å². The van der Waals surface area contributed by atoms with Crippen molar-refractivity contribution in [1.82, 2.24) is 0 Å². The molecule has 0 bridgehead atoms. The Morgan fingerprint density at radius 2 is 1.41 bits per heavy atom. The molecule has 0 spiro atoms. The van der Waals surface area contributed by atoms with Gasteiger partial charge in [0.2, 0.25) is 0 Å². The summed E-state index contributed by atoms with van der Waals surface area (Å²) in [7, 11) is 0. The highest BCUT2D eigenvalue weighted by molar-refractivity contribution is 5.83. The SMILES string of the molecule is CCCCCCCc1cc(F)c(C=NN=Cc2ccc(CC)cc2)c(F)c1. The van der Waals surface area contributed by atoms with Crippen LogP contribution in [0, 0.1) is 11.6 Å². The van der Waals surface area contributed by atoms with Gasteiger partial charge in [-0.25, -0.2) is 8.78 Å². The van der Waals surface area contributed by atoms with E-state index in [0.717, 1.165) is 31.0 Å². The van der Waals surface area contributed by atoms with E-state index in [1.54, 1.807) is 6.21 Å². The van der Waals surface area contributed by atoms with Crippen molar-refractivity contribution in [2.75, 3.05) is 0 Å². The molecule has 0 heterocycles. The Morgan fingerprint density at radius 3 is 2.04 bits per heavy atom. The average Bonchev–Trinajstić information content (AvgIpc) is 2.67. The summed E-state index contributed by atoms with van der Waals surface area (Å²) in [5.74, 6) is -1.19. The Balaban J connectivity index is 1.94. The molecule has 0 radical (unpaired) electrons. The third-order valence-electron chi connectivity index (χ3n) is 4.56. The van der Waals surface area contributed by atoms with Gasteiger partial charge in [-0.3, -0.25) is 0 Å². The molecule has 0 aromatic heterocycles. The highest BCUT2D eigenvalue weighted by Gasteiger charge is 2.09. The van der Waals surface area contributed by atoms with Crippen LogP contribution in [0.5, 0.6) is 0 Å². The van der Waals surface area contributed by atoms with Crippen molar-refractivity contribution in [1.29, 1.82) is 0 Å². The molecule has 0 saturated carbocycles. The summed E-state index contributed by atoms with van der Waals surface area (Å²) >= 11 is 0. The smallest absolute Gasteiger partial charge is 0.135 e. The van der Waals surface area contributed by atoms with E-state index < -0.39 is 11.6 Å². The summed E-state index contributed by atoms with van der Waals surface area (Å²) in [6, 6.07) is 10.7. The number of hydrogen-bond acceptors (Lipinski definition) is 2. The lowest BCUT2D eigenvalue weighted by atomic mass is 10.0. The maximum Gasteiger partial charge on any atom is 0.135 e. The molecule has 0 aliphatic carbocycles. The zero-order valence-corrected chi connectivity index (χ0v) is 16.2. The predicted octanol–water partition coefficient (Wildman–Crippen LogP) is 6.49. The molecule has 2 aromatic rings. The lowest BCUT2D eigenvalue weighted by Gasteiger charge is -2.05. The van der Waals surface area contributed by atoms with Crippen molar-refractivity contribution in [2.24, 2.45) is 10.2 Å². The molecule has 0 fully saturated rings. The van der Waals surface area contributed by atoms with Crippen LogP contribution < -0.4 is 0 Å². The maximum atomic E-state index is 14.2. The monoisotopic (exact) mass is 370 g/mol. The van der Waals surface area contributed by atoms with Crippen molar-refractivity contribution in [3.05, 3.63) is 70.3 Å². The number of hydrogen-bond donors (Lipinski definition) is 0. The Hall–Kier alpha value is -2.36. The Morgan fingerprint density at radius 1 is 0.778 bits per heavy atom. The van der Waals surface area contributed by atoms with Crippen LogP contribution in [0.4, 0.5) is 8.78 Å². The number of rotatable bonds is 10.